The Morgan fingerprint density at radius 1 is 1.24 bits per heavy atom. The van der Waals surface area contributed by atoms with Gasteiger partial charge < -0.3 is 10.6 Å². The average molecular weight is 310 g/mol. The third kappa shape index (κ3) is 3.82. The maximum absolute atomic E-state index is 13.2. The minimum absolute atomic E-state index is 0.0662. The van der Waals surface area contributed by atoms with Gasteiger partial charge >= 0.3 is 0 Å². The Labute approximate surface area is 125 Å². The van der Waals surface area contributed by atoms with Crippen molar-refractivity contribution in [3.8, 4) is 0 Å². The van der Waals surface area contributed by atoms with E-state index in [9.17, 15) is 14.5 Å². The van der Waals surface area contributed by atoms with Gasteiger partial charge in [0.15, 0.2) is 0 Å². The number of halogens is 2. The molecule has 0 radical (unpaired) electrons. The topological polar surface area (TPSA) is 67.2 Å². The number of nitrogens with one attached hydrogen (secondary N) is 2. The van der Waals surface area contributed by atoms with E-state index in [2.05, 4.69) is 10.6 Å². The molecule has 0 aliphatic heterocycles. The quantitative estimate of drug-likeness (QED) is 0.627. The van der Waals surface area contributed by atoms with Crippen molar-refractivity contribution in [2.75, 3.05) is 17.2 Å². The lowest BCUT2D eigenvalue weighted by atomic mass is 10.2. The van der Waals surface area contributed by atoms with Crippen LogP contribution in [0, 0.1) is 15.9 Å². The molecular weight excluding hydrogens is 297 g/mol. The van der Waals surface area contributed by atoms with Crippen LogP contribution in [-0.4, -0.2) is 11.5 Å². The summed E-state index contributed by atoms with van der Waals surface area (Å²) in [5.74, 6) is -0.445. The van der Waals surface area contributed by atoms with Crippen molar-refractivity contribution >= 4 is 34.4 Å². The molecule has 0 bridgehead atoms. The second kappa shape index (κ2) is 6.41. The summed E-state index contributed by atoms with van der Waals surface area (Å²) in [6.07, 6.45) is 0. The highest BCUT2D eigenvalue weighted by atomic mass is 35.5. The lowest BCUT2D eigenvalue weighted by molar-refractivity contribution is -0.384. The number of hydrogen-bond acceptors (Lipinski definition) is 4. The molecule has 0 fully saturated rings. The second-order valence-corrected chi connectivity index (χ2v) is 4.71. The highest BCUT2D eigenvalue weighted by Gasteiger charge is 2.11. The molecule has 0 aromatic heterocycles. The Bertz CT molecular complexity index is 679. The van der Waals surface area contributed by atoms with Crippen LogP contribution < -0.4 is 10.6 Å². The zero-order chi connectivity index (χ0) is 15.4. The maximum Gasteiger partial charge on any atom is 0.273 e. The highest BCUT2D eigenvalue weighted by molar-refractivity contribution is 6.33. The van der Waals surface area contributed by atoms with Crippen LogP contribution in [0.15, 0.2) is 36.4 Å². The first-order valence-corrected chi connectivity index (χ1v) is 6.63. The summed E-state index contributed by atoms with van der Waals surface area (Å²) in [5, 5.41) is 17.2. The Morgan fingerprint density at radius 3 is 2.62 bits per heavy atom. The van der Waals surface area contributed by atoms with Crippen LogP contribution in [0.25, 0.3) is 0 Å². The van der Waals surface area contributed by atoms with E-state index >= 15 is 0 Å². The van der Waals surface area contributed by atoms with Crippen molar-refractivity contribution in [3.63, 3.8) is 0 Å². The predicted molar refractivity (Wildman–Crippen MR) is 82.0 cm³/mol. The summed E-state index contributed by atoms with van der Waals surface area (Å²) in [5.41, 5.74) is 1.33. The fourth-order valence-corrected chi connectivity index (χ4v) is 2.01. The monoisotopic (exact) mass is 309 g/mol. The SMILES string of the molecule is CCNc1cc(Nc2cc(F)ccc2Cl)cc([N+](=O)[O-])c1. The minimum atomic E-state index is -0.487. The van der Waals surface area contributed by atoms with Crippen molar-refractivity contribution in [2.24, 2.45) is 0 Å². The molecular formula is C14H13ClFN3O2. The van der Waals surface area contributed by atoms with E-state index in [0.29, 0.717) is 28.6 Å². The number of rotatable bonds is 5. The fourth-order valence-electron chi connectivity index (χ4n) is 1.84. The van der Waals surface area contributed by atoms with Gasteiger partial charge in [0.1, 0.15) is 5.82 Å². The average Bonchev–Trinajstić information content (AvgIpc) is 2.43. The molecule has 2 aromatic carbocycles. The van der Waals surface area contributed by atoms with Gasteiger partial charge in [-0.2, -0.15) is 0 Å². The van der Waals surface area contributed by atoms with Gasteiger partial charge in [-0.05, 0) is 31.2 Å². The van der Waals surface area contributed by atoms with Crippen molar-refractivity contribution in [3.05, 3.63) is 57.4 Å². The first-order chi connectivity index (χ1) is 9.99. The largest absolute Gasteiger partial charge is 0.385 e. The van der Waals surface area contributed by atoms with E-state index in [0.717, 1.165) is 0 Å². The Kier molecular flexibility index (Phi) is 4.59. The van der Waals surface area contributed by atoms with Gasteiger partial charge in [0.25, 0.3) is 5.69 Å². The van der Waals surface area contributed by atoms with Gasteiger partial charge in [-0.3, -0.25) is 10.1 Å². The first kappa shape index (κ1) is 15.1. The van der Waals surface area contributed by atoms with E-state index in [-0.39, 0.29) is 5.69 Å². The fraction of sp³-hybridized carbons (Fsp3) is 0.143. The van der Waals surface area contributed by atoms with Crippen LogP contribution in [0.2, 0.25) is 5.02 Å². The van der Waals surface area contributed by atoms with Crippen LogP contribution in [0.3, 0.4) is 0 Å². The van der Waals surface area contributed by atoms with E-state index < -0.39 is 10.7 Å². The van der Waals surface area contributed by atoms with Gasteiger partial charge in [0, 0.05) is 30.1 Å². The number of anilines is 3. The van der Waals surface area contributed by atoms with Gasteiger partial charge in [-0.25, -0.2) is 4.39 Å². The molecule has 21 heavy (non-hydrogen) atoms. The molecule has 2 rings (SSSR count). The lowest BCUT2D eigenvalue weighted by Gasteiger charge is -2.11. The number of nitro benzene ring substituents is 1. The maximum atomic E-state index is 13.2. The van der Waals surface area contributed by atoms with Crippen LogP contribution in [0.4, 0.5) is 27.1 Å². The molecule has 2 aromatic rings. The van der Waals surface area contributed by atoms with E-state index in [1.54, 1.807) is 6.07 Å². The lowest BCUT2D eigenvalue weighted by Crippen LogP contribution is -2.00. The Hall–Kier alpha value is -2.34. The van der Waals surface area contributed by atoms with E-state index in [1.807, 2.05) is 6.92 Å². The standard InChI is InChI=1S/C14H13ClFN3O2/c1-2-17-10-6-11(8-12(7-10)19(20)21)18-14-5-9(16)3-4-13(14)15/h3-8,17-18H,2H2,1H3. The number of non-ortho nitro benzene ring substituents is 1. The summed E-state index contributed by atoms with van der Waals surface area (Å²) < 4.78 is 13.2. The smallest absolute Gasteiger partial charge is 0.273 e. The Balaban J connectivity index is 2.38. The molecule has 0 amide bonds. The predicted octanol–water partition coefficient (Wildman–Crippen LogP) is 4.56. The normalized spacial score (nSPS) is 10.2. The van der Waals surface area contributed by atoms with E-state index in [4.69, 9.17) is 11.6 Å². The molecule has 0 saturated carbocycles. The third-order valence-electron chi connectivity index (χ3n) is 2.72. The van der Waals surface area contributed by atoms with Crippen molar-refractivity contribution in [1.82, 2.24) is 0 Å². The van der Waals surface area contributed by atoms with Gasteiger partial charge in [0.2, 0.25) is 0 Å². The summed E-state index contributed by atoms with van der Waals surface area (Å²) in [4.78, 5) is 10.5. The molecule has 0 spiro atoms. The Morgan fingerprint density at radius 2 is 1.95 bits per heavy atom. The molecule has 0 heterocycles. The molecule has 0 unspecified atom stereocenters. The number of benzene rings is 2. The van der Waals surface area contributed by atoms with Crippen molar-refractivity contribution in [2.45, 2.75) is 6.92 Å². The summed E-state index contributed by atoms with van der Waals surface area (Å²) in [7, 11) is 0. The molecule has 110 valence electrons. The molecule has 0 aliphatic carbocycles. The molecule has 7 heteroatoms. The molecule has 0 aliphatic rings. The summed E-state index contributed by atoms with van der Waals surface area (Å²) >= 11 is 5.97. The zero-order valence-electron chi connectivity index (χ0n) is 11.2. The second-order valence-electron chi connectivity index (χ2n) is 4.31. The van der Waals surface area contributed by atoms with Crippen molar-refractivity contribution in [1.29, 1.82) is 0 Å². The zero-order valence-corrected chi connectivity index (χ0v) is 11.9. The van der Waals surface area contributed by atoms with Crippen LogP contribution >= 0.6 is 11.6 Å². The highest BCUT2D eigenvalue weighted by Crippen LogP contribution is 2.30. The molecule has 5 nitrogen and oxygen atoms in total. The van der Waals surface area contributed by atoms with Crippen LogP contribution in [-0.2, 0) is 0 Å². The number of hydrogen-bond donors (Lipinski definition) is 2. The van der Waals surface area contributed by atoms with Gasteiger partial charge in [0.05, 0.1) is 15.6 Å². The van der Waals surface area contributed by atoms with E-state index in [1.165, 1.54) is 30.3 Å². The third-order valence-corrected chi connectivity index (χ3v) is 3.05. The van der Waals surface area contributed by atoms with Crippen LogP contribution in [0.5, 0.6) is 0 Å². The first-order valence-electron chi connectivity index (χ1n) is 6.25. The number of nitro groups is 1. The van der Waals surface area contributed by atoms with Crippen LogP contribution in [0.1, 0.15) is 6.92 Å². The van der Waals surface area contributed by atoms with Gasteiger partial charge in [-0.1, -0.05) is 11.6 Å². The number of nitrogens with zero attached hydrogens (tertiary/aromatic N) is 1. The summed E-state index contributed by atoms with van der Waals surface area (Å²) in [6.45, 7) is 2.51. The van der Waals surface area contributed by atoms with Crippen molar-refractivity contribution < 1.29 is 9.31 Å². The molecule has 0 saturated heterocycles. The summed E-state index contributed by atoms with van der Waals surface area (Å²) in [6, 6.07) is 8.38. The van der Waals surface area contributed by atoms with Gasteiger partial charge in [-0.15, -0.1) is 0 Å². The molecule has 0 atom stereocenters. The molecule has 2 N–H and O–H groups in total. The minimum Gasteiger partial charge on any atom is -0.385 e.